The zero-order valence-electron chi connectivity index (χ0n) is 14.5. The molecule has 0 aromatic heterocycles. The van der Waals surface area contributed by atoms with Gasteiger partial charge in [-0.05, 0) is 0 Å². The molecule has 0 N–H and O–H groups in total. The van der Waals surface area contributed by atoms with Crippen LogP contribution in [0.2, 0.25) is 0 Å². The summed E-state index contributed by atoms with van der Waals surface area (Å²) in [6.45, 7) is 0. The van der Waals surface area contributed by atoms with E-state index >= 15 is 0 Å². The summed E-state index contributed by atoms with van der Waals surface area (Å²) in [5.74, 6) is 11.1. The molecule has 0 bridgehead atoms. The van der Waals surface area contributed by atoms with Gasteiger partial charge in [-0.3, -0.25) is 0 Å². The summed E-state index contributed by atoms with van der Waals surface area (Å²) in [4.78, 5) is 0. The summed E-state index contributed by atoms with van der Waals surface area (Å²) >= 11 is 4.65. The van der Waals surface area contributed by atoms with E-state index in [0.29, 0.717) is 10.6 Å². The second-order valence-electron chi connectivity index (χ2n) is 4.95. The molecule has 0 heterocycles. The Hall–Kier alpha value is -1.64. The molecule has 0 fully saturated rings. The topological polar surface area (TPSA) is 143 Å². The molecule has 0 aliphatic carbocycles. The second kappa shape index (κ2) is 15.2. The van der Waals surface area contributed by atoms with E-state index in [-0.39, 0.29) is 0 Å². The van der Waals surface area contributed by atoms with Crippen molar-refractivity contribution >= 4 is 64.2 Å². The molecule has 0 radical (unpaired) electrons. The third-order valence-corrected chi connectivity index (χ3v) is 7.83. The van der Waals surface area contributed by atoms with Gasteiger partial charge in [0.2, 0.25) is 0 Å². The maximum atomic E-state index is 8.80. The average molecular weight is 735 g/mol. The van der Waals surface area contributed by atoms with Crippen molar-refractivity contribution in [3.8, 4) is 34.9 Å². The van der Waals surface area contributed by atoms with Gasteiger partial charge >= 0.3 is 202 Å². The minimum atomic E-state index is -3.18. The van der Waals surface area contributed by atoms with E-state index in [9.17, 15) is 0 Å². The summed E-state index contributed by atoms with van der Waals surface area (Å²) in [6.07, 6.45) is 0. The molecule has 0 aliphatic rings. The fourth-order valence-corrected chi connectivity index (χ4v) is 4.37. The van der Waals surface area contributed by atoms with Crippen LogP contribution in [0.15, 0.2) is 60.7 Å². The zero-order valence-corrected chi connectivity index (χ0v) is 22.4. The molecule has 0 saturated carbocycles. The van der Waals surface area contributed by atoms with E-state index in [1.54, 1.807) is 60.7 Å². The molecule has 148 valence electrons. The van der Waals surface area contributed by atoms with Crippen molar-refractivity contribution in [2.45, 2.75) is 0 Å². The molecule has 6 nitrogen and oxygen atoms in total. The fourth-order valence-electron chi connectivity index (χ4n) is 1.91. The van der Waals surface area contributed by atoms with Gasteiger partial charge in [-0.2, -0.15) is 0 Å². The molecule has 0 unspecified atom stereocenters. The van der Waals surface area contributed by atoms with E-state index in [0.717, 1.165) is 10.8 Å². The number of nitrogens with zero attached hydrogens (tertiary/aromatic N) is 6. The molecule has 0 amide bonds. The van der Waals surface area contributed by atoms with Gasteiger partial charge in [0.1, 0.15) is 0 Å². The monoisotopic (exact) mass is 734 g/mol. The first-order chi connectivity index (χ1) is 14.0. The molecular formula is C18H12I2N6P2Pd. The third kappa shape index (κ3) is 7.95. The van der Waals surface area contributed by atoms with Crippen molar-refractivity contribution in [2.75, 3.05) is 0 Å². The Morgan fingerprint density at radius 3 is 0.897 bits per heavy atom. The van der Waals surface area contributed by atoms with Crippen LogP contribution in [0.25, 0.3) is 0 Å². The third-order valence-electron chi connectivity index (χ3n) is 3.42. The van der Waals surface area contributed by atoms with Gasteiger partial charge in [0.15, 0.2) is 0 Å². The van der Waals surface area contributed by atoms with Crippen LogP contribution in [0.3, 0.4) is 0 Å². The first kappa shape index (κ1) is 27.4. The number of hydrogen-bond acceptors (Lipinski definition) is 6. The molecule has 29 heavy (non-hydrogen) atoms. The van der Waals surface area contributed by atoms with E-state index < -0.39 is 14.5 Å². The normalized spacial score (nSPS) is 10.2. The average Bonchev–Trinajstić information content (AvgIpc) is 2.80. The number of hydrogen-bond donors (Lipinski definition) is 0. The van der Waals surface area contributed by atoms with E-state index in [1.807, 2.05) is 34.9 Å². The van der Waals surface area contributed by atoms with Crippen molar-refractivity contribution in [1.82, 2.24) is 0 Å². The van der Waals surface area contributed by atoms with Crippen LogP contribution in [0.4, 0.5) is 0 Å². The molecule has 0 saturated heterocycles. The van der Waals surface area contributed by atoms with Crippen LogP contribution in [0, 0.1) is 66.4 Å². The first-order valence-electron chi connectivity index (χ1n) is 7.40. The standard InChI is InChI=1S/2C9H6N3P.2HI.Pd/c2*10-6-13(7-11,8-12)9-4-2-1-3-5-9;;;/h2*1-5,13H;2*1H;/q;;;;+2/p-2. The Labute approximate surface area is 200 Å². The van der Waals surface area contributed by atoms with Crippen LogP contribution in [0.1, 0.15) is 0 Å². The van der Waals surface area contributed by atoms with E-state index in [4.69, 9.17) is 31.6 Å². The van der Waals surface area contributed by atoms with Crippen molar-refractivity contribution in [3.63, 3.8) is 0 Å². The second-order valence-corrected chi connectivity index (χ2v) is 22.4. The SMILES string of the molecule is N#C[PH](C#N)(C#N)c1ccccc1.N#C[PH](C#N)(C#N)c1ccccc1.[I][Pd][I]. The predicted molar refractivity (Wildman–Crippen MR) is 130 cm³/mol. The predicted octanol–water partition coefficient (Wildman–Crippen LogP) is 4.78. The van der Waals surface area contributed by atoms with Crippen LogP contribution >= 0.6 is 53.6 Å². The molecule has 2 aromatic rings. The van der Waals surface area contributed by atoms with Gasteiger partial charge in [0, 0.05) is 0 Å². The van der Waals surface area contributed by atoms with Gasteiger partial charge in [0.05, 0.1) is 0 Å². The van der Waals surface area contributed by atoms with E-state index in [2.05, 4.69) is 39.0 Å². The Morgan fingerprint density at radius 1 is 0.517 bits per heavy atom. The molecule has 2 aromatic carbocycles. The number of rotatable bonds is 2. The number of benzene rings is 2. The van der Waals surface area contributed by atoms with Crippen molar-refractivity contribution in [2.24, 2.45) is 0 Å². The maximum absolute atomic E-state index is 8.80. The summed E-state index contributed by atoms with van der Waals surface area (Å²) in [5, 5.41) is 53.9. The fraction of sp³-hybridized carbons (Fsp3) is 0. The van der Waals surface area contributed by atoms with Crippen molar-refractivity contribution in [3.05, 3.63) is 60.7 Å². The number of halogens is 2. The molecule has 0 aliphatic heterocycles. The molecule has 0 atom stereocenters. The molecule has 0 spiro atoms. The molecular weight excluding hydrogens is 722 g/mol. The summed E-state index contributed by atoms with van der Waals surface area (Å²) in [5.41, 5.74) is 0. The Kier molecular flexibility index (Phi) is 14.4. The molecule has 2 rings (SSSR count). The van der Waals surface area contributed by atoms with Gasteiger partial charge in [0.25, 0.3) is 0 Å². The van der Waals surface area contributed by atoms with Crippen LogP contribution in [0.5, 0.6) is 0 Å². The van der Waals surface area contributed by atoms with Crippen LogP contribution < -0.4 is 10.6 Å². The van der Waals surface area contributed by atoms with Gasteiger partial charge in [-0.15, -0.1) is 0 Å². The Bertz CT molecular complexity index is 884. The summed E-state index contributed by atoms with van der Waals surface area (Å²) in [7, 11) is -5.46. The van der Waals surface area contributed by atoms with E-state index in [1.165, 1.54) is 0 Å². The van der Waals surface area contributed by atoms with Gasteiger partial charge in [-0.1, -0.05) is 0 Å². The minimum absolute atomic E-state index is 0.558. The zero-order chi connectivity index (χ0) is 22.2. The summed E-state index contributed by atoms with van der Waals surface area (Å²) < 4.78 is 0. The van der Waals surface area contributed by atoms with Crippen molar-refractivity contribution < 1.29 is 10.8 Å². The van der Waals surface area contributed by atoms with Crippen LogP contribution in [-0.4, -0.2) is 0 Å². The first-order valence-corrected chi connectivity index (χ1v) is 20.6. The number of nitriles is 6. The Morgan fingerprint density at radius 2 is 0.724 bits per heavy atom. The quantitative estimate of drug-likeness (QED) is 0.247. The van der Waals surface area contributed by atoms with Crippen LogP contribution in [-0.2, 0) is 10.8 Å². The summed E-state index contributed by atoms with van der Waals surface area (Å²) in [6, 6.07) is 17.1. The van der Waals surface area contributed by atoms with Gasteiger partial charge < -0.3 is 0 Å². The molecule has 11 heteroatoms. The van der Waals surface area contributed by atoms with Crippen molar-refractivity contribution in [1.29, 1.82) is 31.6 Å². The Balaban J connectivity index is 0.000000477. The van der Waals surface area contributed by atoms with Gasteiger partial charge in [-0.25, -0.2) is 0 Å².